The van der Waals surface area contributed by atoms with E-state index in [9.17, 15) is 22.8 Å². The lowest BCUT2D eigenvalue weighted by molar-refractivity contribution is -0.137. The average Bonchev–Trinajstić information content (AvgIpc) is 3.69. The number of halogens is 3. The maximum Gasteiger partial charge on any atom is 0.416 e. The Hall–Kier alpha value is -4.98. The van der Waals surface area contributed by atoms with E-state index in [0.29, 0.717) is 17.0 Å². The Labute approximate surface area is 227 Å². The van der Waals surface area contributed by atoms with E-state index in [4.69, 9.17) is 0 Å². The predicted octanol–water partition coefficient (Wildman–Crippen LogP) is 5.30. The van der Waals surface area contributed by atoms with E-state index in [2.05, 4.69) is 37.4 Å². The standard InChI is InChI=1S/C29H23F3N6O2/c1-17-3-5-22(11-21(17)6-4-19-15-34-28(35-16-19)37-26(39)20-7-8-20)27(40)36-24-12-23(29(30,31)32)13-25(14-24)38-10-9-33-18(38)2/h3,5,9-16,20H,7-8H2,1-2H3,(H,36,40)(H,34,35,37,39). The van der Waals surface area contributed by atoms with Crippen molar-refractivity contribution in [3.8, 4) is 17.5 Å². The summed E-state index contributed by atoms with van der Waals surface area (Å²) in [5.74, 6) is 5.98. The van der Waals surface area contributed by atoms with E-state index in [1.165, 1.54) is 29.2 Å². The Morgan fingerprint density at radius 3 is 2.38 bits per heavy atom. The molecule has 4 aromatic rings. The third-order valence-electron chi connectivity index (χ3n) is 6.28. The largest absolute Gasteiger partial charge is 0.416 e. The van der Waals surface area contributed by atoms with Crippen LogP contribution < -0.4 is 10.6 Å². The molecule has 8 nitrogen and oxygen atoms in total. The first-order chi connectivity index (χ1) is 19.1. The maximum atomic E-state index is 13.6. The first-order valence-corrected chi connectivity index (χ1v) is 12.4. The molecule has 2 aromatic carbocycles. The van der Waals surface area contributed by atoms with Gasteiger partial charge in [0.25, 0.3) is 5.91 Å². The molecule has 0 aliphatic heterocycles. The van der Waals surface area contributed by atoms with Gasteiger partial charge in [-0.2, -0.15) is 13.2 Å². The smallest absolute Gasteiger partial charge is 0.322 e. The molecule has 0 unspecified atom stereocenters. The van der Waals surface area contributed by atoms with Crippen LogP contribution in [-0.4, -0.2) is 31.3 Å². The van der Waals surface area contributed by atoms with Crippen LogP contribution in [0.15, 0.2) is 61.2 Å². The summed E-state index contributed by atoms with van der Waals surface area (Å²) in [4.78, 5) is 37.2. The Bertz CT molecular complexity index is 1660. The number of anilines is 2. The van der Waals surface area contributed by atoms with Crippen LogP contribution in [0.3, 0.4) is 0 Å². The minimum Gasteiger partial charge on any atom is -0.322 e. The highest BCUT2D eigenvalue weighted by Gasteiger charge is 2.32. The number of amides is 2. The summed E-state index contributed by atoms with van der Waals surface area (Å²) in [5.41, 5.74) is 1.39. The normalized spacial score (nSPS) is 12.8. The number of carbonyl (C=O) groups excluding carboxylic acids is 2. The van der Waals surface area contributed by atoms with Gasteiger partial charge < -0.3 is 9.88 Å². The second-order valence-electron chi connectivity index (χ2n) is 9.40. The molecule has 2 amide bonds. The van der Waals surface area contributed by atoms with Crippen LogP contribution in [-0.2, 0) is 11.0 Å². The van der Waals surface area contributed by atoms with Gasteiger partial charge in [0, 0.05) is 53.2 Å². The van der Waals surface area contributed by atoms with E-state index in [0.717, 1.165) is 30.5 Å². The monoisotopic (exact) mass is 544 g/mol. The molecular formula is C29H23F3N6O2. The van der Waals surface area contributed by atoms with E-state index in [1.807, 2.05) is 6.92 Å². The third kappa shape index (κ3) is 6.18. The average molecular weight is 545 g/mol. The molecule has 0 bridgehead atoms. The molecule has 2 N–H and O–H groups in total. The van der Waals surface area contributed by atoms with Crippen molar-refractivity contribution in [1.82, 2.24) is 19.5 Å². The minimum absolute atomic E-state index is 0.0119. The predicted molar refractivity (Wildman–Crippen MR) is 142 cm³/mol. The van der Waals surface area contributed by atoms with Crippen molar-refractivity contribution in [2.24, 2.45) is 5.92 Å². The molecule has 2 aromatic heterocycles. The first-order valence-electron chi connectivity index (χ1n) is 12.4. The number of nitrogens with zero attached hydrogens (tertiary/aromatic N) is 4. The topological polar surface area (TPSA) is 102 Å². The van der Waals surface area contributed by atoms with Crippen LogP contribution in [0.1, 0.15) is 51.3 Å². The van der Waals surface area contributed by atoms with E-state index in [-0.39, 0.29) is 34.7 Å². The van der Waals surface area contributed by atoms with E-state index < -0.39 is 17.6 Å². The summed E-state index contributed by atoms with van der Waals surface area (Å²) in [7, 11) is 0. The number of nitrogens with one attached hydrogen (secondary N) is 2. The molecular weight excluding hydrogens is 521 g/mol. The van der Waals surface area contributed by atoms with Gasteiger partial charge in [0.15, 0.2) is 0 Å². The molecule has 1 aliphatic carbocycles. The highest BCUT2D eigenvalue weighted by atomic mass is 19.4. The first kappa shape index (κ1) is 26.6. The highest BCUT2D eigenvalue weighted by Crippen LogP contribution is 2.33. The Morgan fingerprint density at radius 1 is 0.975 bits per heavy atom. The molecule has 1 saturated carbocycles. The zero-order valence-corrected chi connectivity index (χ0v) is 21.5. The third-order valence-corrected chi connectivity index (χ3v) is 6.28. The summed E-state index contributed by atoms with van der Waals surface area (Å²) in [6.07, 6.45) is 3.14. The zero-order valence-electron chi connectivity index (χ0n) is 21.5. The number of hydrogen-bond acceptors (Lipinski definition) is 5. The maximum absolute atomic E-state index is 13.6. The molecule has 11 heteroatoms. The van der Waals surface area contributed by atoms with Crippen molar-refractivity contribution >= 4 is 23.5 Å². The van der Waals surface area contributed by atoms with Crippen molar-refractivity contribution in [3.63, 3.8) is 0 Å². The summed E-state index contributed by atoms with van der Waals surface area (Å²) in [5, 5.41) is 5.23. The number of imidazole rings is 1. The van der Waals surface area contributed by atoms with Crippen LogP contribution in [0.4, 0.5) is 24.8 Å². The van der Waals surface area contributed by atoms with Crippen LogP contribution in [0, 0.1) is 31.6 Å². The van der Waals surface area contributed by atoms with Gasteiger partial charge in [-0.3, -0.25) is 14.9 Å². The van der Waals surface area contributed by atoms with Gasteiger partial charge in [-0.05, 0) is 62.6 Å². The van der Waals surface area contributed by atoms with Crippen molar-refractivity contribution in [2.75, 3.05) is 10.6 Å². The number of aromatic nitrogens is 4. The second kappa shape index (κ2) is 10.6. The molecule has 1 fully saturated rings. The van der Waals surface area contributed by atoms with Crippen LogP contribution >= 0.6 is 0 Å². The lowest BCUT2D eigenvalue weighted by atomic mass is 10.0. The Balaban J connectivity index is 1.35. The summed E-state index contributed by atoms with van der Waals surface area (Å²) in [6, 6.07) is 8.19. The van der Waals surface area contributed by atoms with Gasteiger partial charge in [-0.25, -0.2) is 15.0 Å². The van der Waals surface area contributed by atoms with Crippen molar-refractivity contribution in [2.45, 2.75) is 32.9 Å². The number of rotatable bonds is 5. The van der Waals surface area contributed by atoms with Crippen LogP contribution in [0.25, 0.3) is 5.69 Å². The summed E-state index contributed by atoms with van der Waals surface area (Å²) < 4.78 is 42.3. The van der Waals surface area contributed by atoms with Gasteiger partial charge >= 0.3 is 6.18 Å². The quantitative estimate of drug-likeness (QED) is 0.332. The van der Waals surface area contributed by atoms with Gasteiger partial charge in [0.2, 0.25) is 11.9 Å². The molecule has 0 radical (unpaired) electrons. The van der Waals surface area contributed by atoms with E-state index >= 15 is 0 Å². The Morgan fingerprint density at radius 2 is 1.73 bits per heavy atom. The Kier molecular flexibility index (Phi) is 7.09. The fraction of sp³-hybridized carbons (Fsp3) is 0.207. The van der Waals surface area contributed by atoms with Crippen molar-refractivity contribution < 1.29 is 22.8 Å². The lowest BCUT2D eigenvalue weighted by Crippen LogP contribution is -2.15. The molecule has 0 saturated heterocycles. The van der Waals surface area contributed by atoms with Gasteiger partial charge in [-0.15, -0.1) is 0 Å². The SMILES string of the molecule is Cc1ccc(C(=O)Nc2cc(-n3ccnc3C)cc(C(F)(F)F)c2)cc1C#Cc1cnc(NC(=O)C2CC2)nc1. The zero-order chi connectivity index (χ0) is 28.4. The molecule has 0 spiro atoms. The van der Waals surface area contributed by atoms with Gasteiger partial charge in [0.05, 0.1) is 11.1 Å². The van der Waals surface area contributed by atoms with Gasteiger partial charge in [0.1, 0.15) is 5.82 Å². The number of benzene rings is 2. The molecule has 40 heavy (non-hydrogen) atoms. The molecule has 0 atom stereocenters. The van der Waals surface area contributed by atoms with Crippen LogP contribution in [0.2, 0.25) is 0 Å². The highest BCUT2D eigenvalue weighted by molar-refractivity contribution is 6.04. The fourth-order valence-electron chi connectivity index (χ4n) is 3.89. The van der Waals surface area contributed by atoms with Crippen molar-refractivity contribution in [3.05, 3.63) is 94.8 Å². The van der Waals surface area contributed by atoms with E-state index in [1.54, 1.807) is 31.3 Å². The second-order valence-corrected chi connectivity index (χ2v) is 9.40. The lowest BCUT2D eigenvalue weighted by Gasteiger charge is -2.14. The summed E-state index contributed by atoms with van der Waals surface area (Å²) in [6.45, 7) is 3.49. The minimum atomic E-state index is -4.61. The van der Waals surface area contributed by atoms with Crippen molar-refractivity contribution in [1.29, 1.82) is 0 Å². The molecule has 202 valence electrons. The molecule has 5 rings (SSSR count). The number of hydrogen-bond donors (Lipinski definition) is 2. The number of carbonyl (C=O) groups is 2. The van der Waals surface area contributed by atoms with Gasteiger partial charge in [-0.1, -0.05) is 17.9 Å². The summed E-state index contributed by atoms with van der Waals surface area (Å²) >= 11 is 0. The molecule has 1 aliphatic rings. The van der Waals surface area contributed by atoms with Crippen LogP contribution in [0.5, 0.6) is 0 Å². The molecule has 2 heterocycles. The number of alkyl halides is 3. The fourth-order valence-corrected chi connectivity index (χ4v) is 3.89. The number of aryl methyl sites for hydroxylation is 2.